The summed E-state index contributed by atoms with van der Waals surface area (Å²) in [5.41, 5.74) is 4.29. The molecule has 0 aliphatic heterocycles. The molecule has 0 unspecified atom stereocenters. The molecule has 7 heteroatoms. The van der Waals surface area contributed by atoms with E-state index >= 15 is 0 Å². The quantitative estimate of drug-likeness (QED) is 0.259. The number of azo groups is 1. The van der Waals surface area contributed by atoms with E-state index in [1.54, 1.807) is 36.4 Å². The lowest BCUT2D eigenvalue weighted by atomic mass is 10.1. The maximum Gasteiger partial charge on any atom is 0.251 e. The van der Waals surface area contributed by atoms with E-state index in [2.05, 4.69) is 32.7 Å². The Morgan fingerprint density at radius 3 is 2.52 bits per heavy atom. The number of nitrogens with zero attached hydrogens (tertiary/aromatic N) is 2. The molecule has 0 fully saturated rings. The highest BCUT2D eigenvalue weighted by molar-refractivity contribution is 6.32. The number of aromatic hydroxyl groups is 1. The van der Waals surface area contributed by atoms with Crippen molar-refractivity contribution in [2.45, 2.75) is 32.7 Å². The van der Waals surface area contributed by atoms with Gasteiger partial charge in [0.15, 0.2) is 5.69 Å². The lowest BCUT2D eigenvalue weighted by Gasteiger charge is -2.14. The van der Waals surface area contributed by atoms with E-state index < -0.39 is 0 Å². The zero-order chi connectivity index (χ0) is 23.4. The van der Waals surface area contributed by atoms with Gasteiger partial charge in [0.25, 0.3) is 5.91 Å². The number of amides is 1. The van der Waals surface area contributed by atoms with Crippen LogP contribution in [0.3, 0.4) is 0 Å². The second-order valence-corrected chi connectivity index (χ2v) is 8.47. The fourth-order valence-corrected chi connectivity index (χ4v) is 3.80. The van der Waals surface area contributed by atoms with Crippen LogP contribution in [0.2, 0.25) is 5.02 Å². The van der Waals surface area contributed by atoms with Gasteiger partial charge in [0, 0.05) is 22.0 Å². The summed E-state index contributed by atoms with van der Waals surface area (Å²) < 4.78 is 0. The summed E-state index contributed by atoms with van der Waals surface area (Å²) in [6.07, 6.45) is 1.77. The highest BCUT2D eigenvalue weighted by Gasteiger charge is 2.14. The number of hydrogen-bond acceptors (Lipinski definition) is 4. The molecule has 0 aliphatic rings. The van der Waals surface area contributed by atoms with Gasteiger partial charge in [0.05, 0.1) is 11.2 Å². The summed E-state index contributed by atoms with van der Waals surface area (Å²) in [5.74, 6) is -0.194. The van der Waals surface area contributed by atoms with E-state index in [4.69, 9.17) is 11.6 Å². The van der Waals surface area contributed by atoms with Crippen molar-refractivity contribution in [2.24, 2.45) is 10.2 Å². The van der Waals surface area contributed by atoms with Crippen LogP contribution < -0.4 is 5.32 Å². The smallest absolute Gasteiger partial charge is 0.251 e. The molecular formula is C26H25ClN4O2. The summed E-state index contributed by atoms with van der Waals surface area (Å²) in [5, 5.41) is 23.0. The molecule has 0 spiro atoms. The Kier molecular flexibility index (Phi) is 6.75. The van der Waals surface area contributed by atoms with E-state index in [9.17, 15) is 9.90 Å². The number of carbonyl (C=O) groups is 1. The van der Waals surface area contributed by atoms with Gasteiger partial charge in [-0.1, -0.05) is 41.9 Å². The molecule has 4 rings (SSSR count). The fourth-order valence-electron chi connectivity index (χ4n) is 3.65. The van der Waals surface area contributed by atoms with Crippen molar-refractivity contribution >= 4 is 39.8 Å². The van der Waals surface area contributed by atoms with Crippen LogP contribution in [0.5, 0.6) is 5.88 Å². The monoisotopic (exact) mass is 460 g/mol. The lowest BCUT2D eigenvalue weighted by molar-refractivity contribution is 0.0938. The number of carbonyl (C=O) groups excluding carboxylic acids is 1. The van der Waals surface area contributed by atoms with Crippen molar-refractivity contribution in [2.75, 3.05) is 0 Å². The predicted octanol–water partition coefficient (Wildman–Crippen LogP) is 7.00. The summed E-state index contributed by atoms with van der Waals surface area (Å²) in [7, 11) is 0. The standard InChI is InChI=1S/C26H25ClN4O2/c1-16(8-9-18-6-4-3-5-7-18)28-25(32)19-10-12-20(13-11-19)30-31-24-21-14-15-22(27)17(2)23(21)29-26(24)33/h3-7,10-16,29,33H,8-9H2,1-2H3,(H,28,32)/t16-/m1/s1. The van der Waals surface area contributed by atoms with Gasteiger partial charge in [0.2, 0.25) is 5.88 Å². The van der Waals surface area contributed by atoms with Crippen LogP contribution in [0.25, 0.3) is 10.9 Å². The Morgan fingerprint density at radius 2 is 1.79 bits per heavy atom. The van der Waals surface area contributed by atoms with Gasteiger partial charge in [-0.2, -0.15) is 5.11 Å². The van der Waals surface area contributed by atoms with Crippen LogP contribution in [0.1, 0.15) is 34.8 Å². The predicted molar refractivity (Wildman–Crippen MR) is 132 cm³/mol. The maximum absolute atomic E-state index is 12.6. The topological polar surface area (TPSA) is 89.8 Å². The highest BCUT2D eigenvalue weighted by atomic mass is 35.5. The second-order valence-electron chi connectivity index (χ2n) is 8.06. The molecule has 0 saturated carbocycles. The third-order valence-corrected chi connectivity index (χ3v) is 6.01. The number of aromatic amines is 1. The molecule has 6 nitrogen and oxygen atoms in total. The zero-order valence-electron chi connectivity index (χ0n) is 18.5. The SMILES string of the molecule is Cc1c(Cl)ccc2c(N=Nc3ccc(C(=O)N[C@H](C)CCc4ccccc4)cc3)c(O)[nH]c12. The van der Waals surface area contributed by atoms with Crippen molar-refractivity contribution < 1.29 is 9.90 Å². The average Bonchev–Trinajstić information content (AvgIpc) is 3.15. The molecule has 1 atom stereocenters. The van der Waals surface area contributed by atoms with Gasteiger partial charge in [-0.25, -0.2) is 0 Å². The van der Waals surface area contributed by atoms with Crippen LogP contribution in [0, 0.1) is 6.92 Å². The van der Waals surface area contributed by atoms with Gasteiger partial charge < -0.3 is 15.4 Å². The van der Waals surface area contributed by atoms with E-state index in [1.165, 1.54) is 5.56 Å². The van der Waals surface area contributed by atoms with Crippen LogP contribution in [0.4, 0.5) is 11.4 Å². The molecule has 0 saturated heterocycles. The molecule has 1 heterocycles. The van der Waals surface area contributed by atoms with Gasteiger partial charge in [0.1, 0.15) is 0 Å². The third-order valence-electron chi connectivity index (χ3n) is 5.60. The molecule has 4 aromatic rings. The van der Waals surface area contributed by atoms with E-state index in [0.29, 0.717) is 22.0 Å². The Bertz CT molecular complexity index is 1300. The van der Waals surface area contributed by atoms with Crippen molar-refractivity contribution in [1.29, 1.82) is 0 Å². The molecule has 168 valence electrons. The Balaban J connectivity index is 1.39. The molecule has 0 radical (unpaired) electrons. The number of rotatable bonds is 7. The van der Waals surface area contributed by atoms with Crippen molar-refractivity contribution in [3.63, 3.8) is 0 Å². The molecule has 3 aromatic carbocycles. The number of H-pyrrole nitrogens is 1. The zero-order valence-corrected chi connectivity index (χ0v) is 19.2. The van der Waals surface area contributed by atoms with Crippen molar-refractivity contribution in [3.8, 4) is 5.88 Å². The van der Waals surface area contributed by atoms with Crippen LogP contribution in [-0.2, 0) is 6.42 Å². The number of nitrogens with one attached hydrogen (secondary N) is 2. The Hall–Kier alpha value is -3.64. The van der Waals surface area contributed by atoms with E-state index in [-0.39, 0.29) is 17.8 Å². The first-order valence-electron chi connectivity index (χ1n) is 10.8. The van der Waals surface area contributed by atoms with Crippen molar-refractivity contribution in [3.05, 3.63) is 88.4 Å². The number of halogens is 1. The Morgan fingerprint density at radius 1 is 1.06 bits per heavy atom. The number of hydrogen-bond donors (Lipinski definition) is 3. The molecule has 3 N–H and O–H groups in total. The normalized spacial score (nSPS) is 12.3. The van der Waals surface area contributed by atoms with Gasteiger partial charge >= 0.3 is 0 Å². The number of fused-ring (bicyclic) bond motifs is 1. The first kappa shape index (κ1) is 22.6. The summed E-state index contributed by atoms with van der Waals surface area (Å²) in [6.45, 7) is 3.87. The summed E-state index contributed by atoms with van der Waals surface area (Å²) in [4.78, 5) is 15.5. The van der Waals surface area contributed by atoms with E-state index in [1.807, 2.05) is 32.0 Å². The number of aromatic nitrogens is 1. The minimum Gasteiger partial charge on any atom is -0.493 e. The van der Waals surface area contributed by atoms with Crippen LogP contribution >= 0.6 is 11.6 Å². The largest absolute Gasteiger partial charge is 0.493 e. The first-order valence-corrected chi connectivity index (χ1v) is 11.2. The molecule has 0 aliphatic carbocycles. The second kappa shape index (κ2) is 9.88. The van der Waals surface area contributed by atoms with Gasteiger partial charge in [-0.3, -0.25) is 4.79 Å². The minimum atomic E-state index is -0.124. The lowest BCUT2D eigenvalue weighted by Crippen LogP contribution is -2.32. The van der Waals surface area contributed by atoms with Gasteiger partial charge in [-0.05, 0) is 74.2 Å². The molecule has 1 aromatic heterocycles. The molecule has 1 amide bonds. The van der Waals surface area contributed by atoms with Crippen LogP contribution in [0.15, 0.2) is 77.0 Å². The average molecular weight is 461 g/mol. The van der Waals surface area contributed by atoms with Crippen LogP contribution in [-0.4, -0.2) is 22.0 Å². The van der Waals surface area contributed by atoms with Gasteiger partial charge in [-0.15, -0.1) is 5.11 Å². The third kappa shape index (κ3) is 5.23. The Labute approximate surface area is 197 Å². The number of benzene rings is 3. The molecule has 33 heavy (non-hydrogen) atoms. The molecular weight excluding hydrogens is 436 g/mol. The first-order chi connectivity index (χ1) is 15.9. The van der Waals surface area contributed by atoms with E-state index in [0.717, 1.165) is 29.3 Å². The minimum absolute atomic E-state index is 0.0545. The summed E-state index contributed by atoms with van der Waals surface area (Å²) in [6, 6.07) is 20.7. The highest BCUT2D eigenvalue weighted by Crippen LogP contribution is 2.39. The van der Waals surface area contributed by atoms with Crippen molar-refractivity contribution in [1.82, 2.24) is 10.3 Å². The molecule has 0 bridgehead atoms. The maximum atomic E-state index is 12.6. The number of aryl methyl sites for hydroxylation is 2. The summed E-state index contributed by atoms with van der Waals surface area (Å²) >= 11 is 6.15. The fraction of sp³-hybridized carbons (Fsp3) is 0.192.